The summed E-state index contributed by atoms with van der Waals surface area (Å²) in [7, 11) is 0. The monoisotopic (exact) mass is 458 g/mol. The van der Waals surface area contributed by atoms with Crippen molar-refractivity contribution in [3.05, 3.63) is 68.7 Å². The summed E-state index contributed by atoms with van der Waals surface area (Å²) in [6.07, 6.45) is 4.38. The molecule has 0 unspecified atom stereocenters. The molecule has 0 bridgehead atoms. The third-order valence-electron chi connectivity index (χ3n) is 5.19. The van der Waals surface area contributed by atoms with E-state index in [4.69, 9.17) is 11.6 Å². The summed E-state index contributed by atoms with van der Waals surface area (Å²) >= 11 is 6.01. The molecule has 0 aliphatic heterocycles. The zero-order valence-electron chi connectivity index (χ0n) is 17.2. The van der Waals surface area contributed by atoms with Crippen molar-refractivity contribution in [2.24, 2.45) is 0 Å². The molecule has 0 aromatic heterocycles. The summed E-state index contributed by atoms with van der Waals surface area (Å²) in [5.41, 5.74) is 0.272. The van der Waals surface area contributed by atoms with Gasteiger partial charge in [0.05, 0.1) is 26.8 Å². The molecule has 2 aromatic rings. The van der Waals surface area contributed by atoms with Crippen LogP contribution >= 0.6 is 11.6 Å². The molecule has 1 aliphatic rings. The maximum absolute atomic E-state index is 12.6. The lowest BCUT2D eigenvalue weighted by Crippen LogP contribution is -2.35. The van der Waals surface area contributed by atoms with E-state index < -0.39 is 16.7 Å². The van der Waals surface area contributed by atoms with Crippen molar-refractivity contribution in [2.75, 3.05) is 11.9 Å². The minimum atomic E-state index is -0.610. The third-order valence-corrected chi connectivity index (χ3v) is 5.50. The van der Waals surface area contributed by atoms with E-state index in [2.05, 4.69) is 16.0 Å². The first-order valence-electron chi connectivity index (χ1n) is 10.3. The van der Waals surface area contributed by atoms with E-state index in [1.54, 1.807) is 24.3 Å². The highest BCUT2D eigenvalue weighted by atomic mass is 35.5. The second-order valence-corrected chi connectivity index (χ2v) is 7.88. The summed E-state index contributed by atoms with van der Waals surface area (Å²) in [5.74, 6) is -1.16. The lowest BCUT2D eigenvalue weighted by Gasteiger charge is -2.13. The van der Waals surface area contributed by atoms with Crippen molar-refractivity contribution in [3.8, 4) is 0 Å². The van der Waals surface area contributed by atoms with Gasteiger partial charge in [0.15, 0.2) is 0 Å². The maximum Gasteiger partial charge on any atom is 0.270 e. The zero-order valence-corrected chi connectivity index (χ0v) is 18.0. The number of anilines is 1. The minimum absolute atomic E-state index is 0.0380. The van der Waals surface area contributed by atoms with Crippen LogP contribution in [0.1, 0.15) is 52.8 Å². The number of hydrogen-bond donors (Lipinski definition) is 3. The number of nitro benzene ring substituents is 1. The second-order valence-electron chi connectivity index (χ2n) is 7.48. The molecule has 168 valence electrons. The molecular formula is C22H23ClN4O5. The molecule has 1 saturated carbocycles. The fraction of sp³-hybridized carbons (Fsp3) is 0.318. The van der Waals surface area contributed by atoms with Crippen LogP contribution in [-0.4, -0.2) is 35.2 Å². The predicted octanol–water partition coefficient (Wildman–Crippen LogP) is 3.68. The van der Waals surface area contributed by atoms with E-state index in [1.807, 2.05) is 0 Å². The topological polar surface area (TPSA) is 130 Å². The van der Waals surface area contributed by atoms with Crippen LogP contribution in [0.2, 0.25) is 5.02 Å². The Morgan fingerprint density at radius 1 is 1.03 bits per heavy atom. The van der Waals surface area contributed by atoms with Crippen molar-refractivity contribution < 1.29 is 19.3 Å². The molecule has 0 heterocycles. The highest BCUT2D eigenvalue weighted by molar-refractivity contribution is 6.34. The number of nitrogens with one attached hydrogen (secondary N) is 3. The Hall–Kier alpha value is -3.46. The van der Waals surface area contributed by atoms with Crippen molar-refractivity contribution in [2.45, 2.75) is 38.1 Å². The molecule has 32 heavy (non-hydrogen) atoms. The number of carbonyl (C=O) groups is 3. The number of nitrogens with zero attached hydrogens (tertiary/aromatic N) is 1. The van der Waals surface area contributed by atoms with Gasteiger partial charge in [-0.1, -0.05) is 36.6 Å². The lowest BCUT2D eigenvalue weighted by molar-refractivity contribution is -0.384. The number of benzene rings is 2. The van der Waals surface area contributed by atoms with Gasteiger partial charge in [-0.05, 0) is 31.0 Å². The molecule has 10 heteroatoms. The van der Waals surface area contributed by atoms with Gasteiger partial charge in [0, 0.05) is 31.1 Å². The summed E-state index contributed by atoms with van der Waals surface area (Å²) in [6.45, 7) is 0.161. The fourth-order valence-corrected chi connectivity index (χ4v) is 3.80. The largest absolute Gasteiger partial charge is 0.353 e. The van der Waals surface area contributed by atoms with E-state index >= 15 is 0 Å². The van der Waals surface area contributed by atoms with E-state index in [0.717, 1.165) is 31.7 Å². The van der Waals surface area contributed by atoms with Gasteiger partial charge < -0.3 is 16.0 Å². The van der Waals surface area contributed by atoms with Crippen molar-refractivity contribution in [1.29, 1.82) is 0 Å². The first-order chi connectivity index (χ1) is 15.3. The Balaban J connectivity index is 1.60. The quantitative estimate of drug-likeness (QED) is 0.410. The zero-order chi connectivity index (χ0) is 23.1. The number of para-hydroxylation sites is 1. The van der Waals surface area contributed by atoms with Crippen LogP contribution < -0.4 is 16.0 Å². The van der Waals surface area contributed by atoms with Crippen LogP contribution in [-0.2, 0) is 4.79 Å². The Kier molecular flexibility index (Phi) is 7.77. The lowest BCUT2D eigenvalue weighted by atomic mass is 10.1. The molecule has 3 amide bonds. The van der Waals surface area contributed by atoms with Gasteiger partial charge in [-0.2, -0.15) is 0 Å². The Morgan fingerprint density at radius 3 is 2.44 bits per heavy atom. The van der Waals surface area contributed by atoms with Crippen LogP contribution in [0.5, 0.6) is 0 Å². The maximum atomic E-state index is 12.6. The van der Waals surface area contributed by atoms with E-state index in [1.165, 1.54) is 12.1 Å². The summed E-state index contributed by atoms with van der Waals surface area (Å²) < 4.78 is 0. The third kappa shape index (κ3) is 6.04. The number of rotatable bonds is 8. The number of hydrogen-bond acceptors (Lipinski definition) is 5. The summed E-state index contributed by atoms with van der Waals surface area (Å²) in [6, 6.07) is 10.1. The molecule has 9 nitrogen and oxygen atoms in total. The van der Waals surface area contributed by atoms with Gasteiger partial charge in [0.2, 0.25) is 5.91 Å². The molecule has 0 atom stereocenters. The molecule has 2 aromatic carbocycles. The SMILES string of the molecule is O=C(CCNC(=O)c1ccccc1NC(=O)c1ccc([N+](=O)[O-])cc1Cl)NC1CCCC1. The average Bonchev–Trinajstić information content (AvgIpc) is 3.26. The fourth-order valence-electron chi connectivity index (χ4n) is 3.54. The molecule has 1 aliphatic carbocycles. The van der Waals surface area contributed by atoms with Crippen molar-refractivity contribution in [1.82, 2.24) is 10.6 Å². The van der Waals surface area contributed by atoms with Crippen LogP contribution in [0.15, 0.2) is 42.5 Å². The van der Waals surface area contributed by atoms with E-state index in [0.29, 0.717) is 0 Å². The van der Waals surface area contributed by atoms with Gasteiger partial charge >= 0.3 is 0 Å². The number of amides is 3. The molecule has 0 spiro atoms. The van der Waals surface area contributed by atoms with Crippen molar-refractivity contribution in [3.63, 3.8) is 0 Å². The van der Waals surface area contributed by atoms with Gasteiger partial charge in [0.1, 0.15) is 0 Å². The van der Waals surface area contributed by atoms with Gasteiger partial charge in [0.25, 0.3) is 17.5 Å². The van der Waals surface area contributed by atoms with Crippen LogP contribution in [0.25, 0.3) is 0 Å². The molecule has 0 radical (unpaired) electrons. The Labute approximate surface area is 189 Å². The van der Waals surface area contributed by atoms with Crippen molar-refractivity contribution >= 4 is 40.7 Å². The number of nitro groups is 1. The predicted molar refractivity (Wildman–Crippen MR) is 120 cm³/mol. The molecule has 1 fully saturated rings. The van der Waals surface area contributed by atoms with Gasteiger partial charge in [-0.3, -0.25) is 24.5 Å². The van der Waals surface area contributed by atoms with Crippen LogP contribution in [0, 0.1) is 10.1 Å². The minimum Gasteiger partial charge on any atom is -0.353 e. The average molecular weight is 459 g/mol. The molecule has 0 saturated heterocycles. The molecule has 3 N–H and O–H groups in total. The first kappa shape index (κ1) is 23.2. The van der Waals surface area contributed by atoms with Crippen LogP contribution in [0.4, 0.5) is 11.4 Å². The van der Waals surface area contributed by atoms with Gasteiger partial charge in [-0.25, -0.2) is 0 Å². The standard InChI is InChI=1S/C22H23ClN4O5/c23-18-13-15(27(31)32)9-10-16(18)22(30)26-19-8-4-3-7-17(19)21(29)24-12-11-20(28)25-14-5-1-2-6-14/h3-4,7-10,13-14H,1-2,5-6,11-12H2,(H,24,29)(H,25,28)(H,26,30). The molecule has 3 rings (SSSR count). The summed E-state index contributed by atoms with van der Waals surface area (Å²) in [5, 5.41) is 19.0. The number of halogens is 1. The van der Waals surface area contributed by atoms with Crippen LogP contribution in [0.3, 0.4) is 0 Å². The summed E-state index contributed by atoms with van der Waals surface area (Å²) in [4.78, 5) is 47.4. The highest BCUT2D eigenvalue weighted by Crippen LogP contribution is 2.24. The first-order valence-corrected chi connectivity index (χ1v) is 10.6. The van der Waals surface area contributed by atoms with E-state index in [9.17, 15) is 24.5 Å². The smallest absolute Gasteiger partial charge is 0.270 e. The Bertz CT molecular complexity index is 1040. The number of non-ortho nitro benzene ring substituents is 1. The normalized spacial score (nSPS) is 13.4. The number of carbonyl (C=O) groups excluding carboxylic acids is 3. The second kappa shape index (κ2) is 10.7. The van der Waals surface area contributed by atoms with E-state index in [-0.39, 0.29) is 52.4 Å². The molecular weight excluding hydrogens is 436 g/mol. The van der Waals surface area contributed by atoms with Gasteiger partial charge in [-0.15, -0.1) is 0 Å². The highest BCUT2D eigenvalue weighted by Gasteiger charge is 2.19. The Morgan fingerprint density at radius 2 is 1.75 bits per heavy atom.